The normalized spacial score (nSPS) is 21.2. The third-order valence-corrected chi connectivity index (χ3v) is 5.36. The van der Waals surface area contributed by atoms with Gasteiger partial charge in [-0.25, -0.2) is 0 Å². The highest BCUT2D eigenvalue weighted by molar-refractivity contribution is 8.77. The third-order valence-electron chi connectivity index (χ3n) is 2.53. The zero-order valence-corrected chi connectivity index (χ0v) is 12.0. The second-order valence-electron chi connectivity index (χ2n) is 4.06. The molecule has 0 spiro atoms. The van der Waals surface area contributed by atoms with E-state index in [4.69, 9.17) is 14.2 Å². The molecule has 1 heterocycles. The van der Waals surface area contributed by atoms with Crippen molar-refractivity contribution in [3.05, 3.63) is 0 Å². The Kier molecular flexibility index (Phi) is 7.16. The molecule has 3 nitrogen and oxygen atoms in total. The van der Waals surface area contributed by atoms with E-state index in [-0.39, 0.29) is 11.7 Å². The van der Waals surface area contributed by atoms with Gasteiger partial charge in [0.2, 0.25) is 0 Å². The summed E-state index contributed by atoms with van der Waals surface area (Å²) in [6, 6.07) is 0. The molecule has 1 unspecified atom stereocenters. The van der Waals surface area contributed by atoms with Crippen LogP contribution >= 0.6 is 21.6 Å². The number of rotatable bonds is 8. The van der Waals surface area contributed by atoms with E-state index in [0.717, 1.165) is 31.1 Å². The SMILES string of the molecule is CCOC(CC)OCC1(COC)CSSC1. The van der Waals surface area contributed by atoms with Crippen LogP contribution in [0.25, 0.3) is 0 Å². The molecule has 0 aromatic carbocycles. The van der Waals surface area contributed by atoms with Crippen LogP contribution in [-0.4, -0.2) is 44.7 Å². The van der Waals surface area contributed by atoms with Crippen LogP contribution in [-0.2, 0) is 14.2 Å². The summed E-state index contributed by atoms with van der Waals surface area (Å²) in [5, 5.41) is 0. The second-order valence-corrected chi connectivity index (χ2v) is 6.52. The zero-order valence-electron chi connectivity index (χ0n) is 10.4. The molecular weight excluding hydrogens is 244 g/mol. The summed E-state index contributed by atoms with van der Waals surface area (Å²) >= 11 is 0. The largest absolute Gasteiger partial charge is 0.384 e. The first-order chi connectivity index (χ1) is 7.76. The molecule has 0 bridgehead atoms. The average Bonchev–Trinajstić information content (AvgIpc) is 2.74. The Hall–Kier alpha value is 0.580. The number of methoxy groups -OCH3 is 1. The molecule has 0 aliphatic carbocycles. The molecule has 1 aliphatic rings. The molecule has 5 heteroatoms. The first kappa shape index (κ1) is 14.6. The van der Waals surface area contributed by atoms with Gasteiger partial charge in [0.05, 0.1) is 13.2 Å². The molecule has 0 aromatic rings. The van der Waals surface area contributed by atoms with E-state index in [1.54, 1.807) is 7.11 Å². The third kappa shape index (κ3) is 4.45. The Bertz CT molecular complexity index is 184. The number of hydrogen-bond acceptors (Lipinski definition) is 5. The molecule has 96 valence electrons. The summed E-state index contributed by atoms with van der Waals surface area (Å²) in [4.78, 5) is 0. The fourth-order valence-electron chi connectivity index (χ4n) is 1.63. The molecule has 0 amide bonds. The van der Waals surface area contributed by atoms with E-state index in [0.29, 0.717) is 6.61 Å². The van der Waals surface area contributed by atoms with Crippen LogP contribution in [0.4, 0.5) is 0 Å². The van der Waals surface area contributed by atoms with E-state index in [2.05, 4.69) is 6.92 Å². The summed E-state index contributed by atoms with van der Waals surface area (Å²) in [5.74, 6) is 2.21. The maximum Gasteiger partial charge on any atom is 0.157 e. The van der Waals surface area contributed by atoms with E-state index in [9.17, 15) is 0 Å². The standard InChI is InChI=1S/C11H22O3S2/c1-4-10(13-5-2)14-7-11(6-12-3)8-15-16-9-11/h10H,4-9H2,1-3H3. The van der Waals surface area contributed by atoms with Crippen molar-refractivity contribution in [2.45, 2.75) is 26.6 Å². The smallest absolute Gasteiger partial charge is 0.157 e. The monoisotopic (exact) mass is 266 g/mol. The first-order valence-corrected chi connectivity index (χ1v) is 8.21. The van der Waals surface area contributed by atoms with Gasteiger partial charge >= 0.3 is 0 Å². The van der Waals surface area contributed by atoms with Crippen LogP contribution in [0.15, 0.2) is 0 Å². The van der Waals surface area contributed by atoms with Crippen LogP contribution in [0.1, 0.15) is 20.3 Å². The van der Waals surface area contributed by atoms with Gasteiger partial charge < -0.3 is 14.2 Å². The molecule has 1 fully saturated rings. The lowest BCUT2D eigenvalue weighted by molar-refractivity contribution is -0.159. The average molecular weight is 266 g/mol. The minimum Gasteiger partial charge on any atom is -0.384 e. The highest BCUT2D eigenvalue weighted by atomic mass is 33.1. The molecule has 0 saturated carbocycles. The molecule has 0 radical (unpaired) electrons. The molecule has 1 saturated heterocycles. The predicted octanol–water partition coefficient (Wildman–Crippen LogP) is 2.80. The Morgan fingerprint density at radius 2 is 1.81 bits per heavy atom. The lowest BCUT2D eigenvalue weighted by Crippen LogP contribution is -2.36. The van der Waals surface area contributed by atoms with Gasteiger partial charge in [-0.3, -0.25) is 0 Å². The molecule has 0 N–H and O–H groups in total. The fourth-order valence-corrected chi connectivity index (χ4v) is 4.96. The van der Waals surface area contributed by atoms with Gasteiger partial charge in [0.15, 0.2) is 6.29 Å². The van der Waals surface area contributed by atoms with Gasteiger partial charge in [-0.05, 0) is 13.3 Å². The van der Waals surface area contributed by atoms with Crippen molar-refractivity contribution < 1.29 is 14.2 Å². The summed E-state index contributed by atoms with van der Waals surface area (Å²) in [5.41, 5.74) is 0.175. The lowest BCUT2D eigenvalue weighted by atomic mass is 9.95. The van der Waals surface area contributed by atoms with Crippen molar-refractivity contribution in [2.24, 2.45) is 5.41 Å². The molecule has 1 aliphatic heterocycles. The Balaban J connectivity index is 2.36. The summed E-state index contributed by atoms with van der Waals surface area (Å²) in [6.07, 6.45) is 0.839. The van der Waals surface area contributed by atoms with Crippen LogP contribution in [0.3, 0.4) is 0 Å². The number of ether oxygens (including phenoxy) is 3. The Morgan fingerprint density at radius 3 is 2.31 bits per heavy atom. The van der Waals surface area contributed by atoms with Gasteiger partial charge in [-0.2, -0.15) is 0 Å². The van der Waals surface area contributed by atoms with Crippen LogP contribution in [0.2, 0.25) is 0 Å². The maximum absolute atomic E-state index is 5.84. The van der Waals surface area contributed by atoms with Gasteiger partial charge in [-0.15, -0.1) is 0 Å². The Morgan fingerprint density at radius 1 is 1.12 bits per heavy atom. The van der Waals surface area contributed by atoms with Crippen molar-refractivity contribution in [2.75, 3.05) is 38.4 Å². The molecule has 1 rings (SSSR count). The van der Waals surface area contributed by atoms with Crippen molar-refractivity contribution in [3.63, 3.8) is 0 Å². The molecule has 0 aromatic heterocycles. The number of hydrogen-bond donors (Lipinski definition) is 0. The quantitative estimate of drug-likeness (QED) is 0.497. The van der Waals surface area contributed by atoms with Crippen LogP contribution < -0.4 is 0 Å². The molecule has 16 heavy (non-hydrogen) atoms. The van der Waals surface area contributed by atoms with E-state index < -0.39 is 0 Å². The van der Waals surface area contributed by atoms with E-state index in [1.807, 2.05) is 28.5 Å². The molecular formula is C11H22O3S2. The van der Waals surface area contributed by atoms with Crippen LogP contribution in [0, 0.1) is 5.41 Å². The summed E-state index contributed by atoms with van der Waals surface area (Å²) < 4.78 is 16.6. The zero-order chi connectivity index (χ0) is 11.9. The van der Waals surface area contributed by atoms with E-state index in [1.165, 1.54) is 0 Å². The van der Waals surface area contributed by atoms with Gasteiger partial charge in [0.1, 0.15) is 0 Å². The predicted molar refractivity (Wildman–Crippen MR) is 70.9 cm³/mol. The topological polar surface area (TPSA) is 27.7 Å². The van der Waals surface area contributed by atoms with Crippen molar-refractivity contribution in [3.8, 4) is 0 Å². The van der Waals surface area contributed by atoms with Gasteiger partial charge in [0, 0.05) is 30.6 Å². The highest BCUT2D eigenvalue weighted by Gasteiger charge is 2.36. The lowest BCUT2D eigenvalue weighted by Gasteiger charge is -2.28. The summed E-state index contributed by atoms with van der Waals surface area (Å²) in [6.45, 7) is 6.30. The second kappa shape index (κ2) is 7.82. The van der Waals surface area contributed by atoms with Crippen molar-refractivity contribution >= 4 is 21.6 Å². The fraction of sp³-hybridized carbons (Fsp3) is 1.00. The van der Waals surface area contributed by atoms with Gasteiger partial charge in [0.25, 0.3) is 0 Å². The van der Waals surface area contributed by atoms with Gasteiger partial charge in [-0.1, -0.05) is 28.5 Å². The van der Waals surface area contributed by atoms with Crippen molar-refractivity contribution in [1.29, 1.82) is 0 Å². The Labute approximate surface area is 106 Å². The minimum absolute atomic E-state index is 0.0608. The maximum atomic E-state index is 5.84. The highest BCUT2D eigenvalue weighted by Crippen LogP contribution is 2.43. The van der Waals surface area contributed by atoms with Crippen molar-refractivity contribution in [1.82, 2.24) is 0 Å². The van der Waals surface area contributed by atoms with E-state index >= 15 is 0 Å². The van der Waals surface area contributed by atoms with Crippen LogP contribution in [0.5, 0.6) is 0 Å². The summed E-state index contributed by atoms with van der Waals surface area (Å²) in [7, 11) is 5.58. The minimum atomic E-state index is -0.0608. The molecule has 1 atom stereocenters. The first-order valence-electron chi connectivity index (χ1n) is 5.73.